The normalized spacial score (nSPS) is 15.6. The van der Waals surface area contributed by atoms with Gasteiger partial charge in [-0.05, 0) is 31.4 Å². The summed E-state index contributed by atoms with van der Waals surface area (Å²) in [5.41, 5.74) is 3.68. The Morgan fingerprint density at radius 1 is 0.882 bits per heavy atom. The lowest BCUT2D eigenvalue weighted by Gasteiger charge is -2.34. The number of benzene rings is 2. The Bertz CT molecular complexity index is 1150. The van der Waals surface area contributed by atoms with Crippen molar-refractivity contribution in [2.24, 2.45) is 0 Å². The first-order valence-corrected chi connectivity index (χ1v) is 11.9. The predicted molar refractivity (Wildman–Crippen MR) is 132 cm³/mol. The van der Waals surface area contributed by atoms with Crippen LogP contribution in [0.5, 0.6) is 11.5 Å². The van der Waals surface area contributed by atoms with E-state index in [2.05, 4.69) is 17.0 Å². The van der Waals surface area contributed by atoms with Crippen molar-refractivity contribution in [2.45, 2.75) is 32.2 Å². The van der Waals surface area contributed by atoms with Crippen LogP contribution in [0.1, 0.15) is 40.9 Å². The van der Waals surface area contributed by atoms with Gasteiger partial charge < -0.3 is 19.3 Å². The quantitative estimate of drug-likeness (QED) is 0.566. The number of methoxy groups -OCH3 is 2. The van der Waals surface area contributed by atoms with E-state index >= 15 is 0 Å². The van der Waals surface area contributed by atoms with E-state index in [4.69, 9.17) is 19.4 Å². The minimum absolute atomic E-state index is 0.0421. The van der Waals surface area contributed by atoms with Gasteiger partial charge in [0.1, 0.15) is 17.3 Å². The molecule has 0 atom stereocenters. The number of fused-ring (bicyclic) bond motifs is 1. The number of hydrogen-bond acceptors (Lipinski definition) is 6. The first-order chi connectivity index (χ1) is 16.7. The van der Waals surface area contributed by atoms with Gasteiger partial charge in [0, 0.05) is 48.8 Å². The van der Waals surface area contributed by atoms with Crippen LogP contribution >= 0.6 is 0 Å². The lowest BCUT2D eigenvalue weighted by molar-refractivity contribution is 0.0733. The van der Waals surface area contributed by atoms with E-state index < -0.39 is 0 Å². The minimum atomic E-state index is -0.0421. The molecule has 0 N–H and O–H groups in total. The van der Waals surface area contributed by atoms with Gasteiger partial charge in [-0.1, -0.05) is 30.3 Å². The molecule has 0 unspecified atom stereocenters. The van der Waals surface area contributed by atoms with Crippen molar-refractivity contribution in [3.8, 4) is 22.9 Å². The Labute approximate surface area is 200 Å². The molecular weight excluding hydrogens is 428 g/mol. The molecule has 5 rings (SSSR count). The number of carbonyl (C=O) groups is 1. The highest BCUT2D eigenvalue weighted by molar-refractivity contribution is 5.95. The summed E-state index contributed by atoms with van der Waals surface area (Å²) in [6.07, 6.45) is 4.26. The number of amides is 1. The largest absolute Gasteiger partial charge is 0.497 e. The smallest absolute Gasteiger partial charge is 0.254 e. The van der Waals surface area contributed by atoms with Crippen molar-refractivity contribution in [2.75, 3.05) is 38.8 Å². The number of nitrogens with zero attached hydrogens (tertiary/aromatic N) is 4. The summed E-state index contributed by atoms with van der Waals surface area (Å²) in [7, 11) is 3.18. The molecule has 0 radical (unpaired) electrons. The molecule has 7 heteroatoms. The van der Waals surface area contributed by atoms with E-state index in [1.807, 2.05) is 23.1 Å². The molecule has 7 nitrogen and oxygen atoms in total. The molecule has 1 saturated heterocycles. The Kier molecular flexibility index (Phi) is 6.34. The van der Waals surface area contributed by atoms with Crippen molar-refractivity contribution in [1.29, 1.82) is 0 Å². The molecule has 0 saturated carbocycles. The zero-order chi connectivity index (χ0) is 23.5. The maximum atomic E-state index is 13.5. The third kappa shape index (κ3) is 4.42. The molecule has 176 valence electrons. The third-order valence-corrected chi connectivity index (χ3v) is 6.61. The van der Waals surface area contributed by atoms with Gasteiger partial charge in [0.15, 0.2) is 5.82 Å². The van der Waals surface area contributed by atoms with Crippen LogP contribution in [0.4, 0.5) is 5.82 Å². The number of ether oxygens (including phenoxy) is 2. The number of carbonyl (C=O) groups excluding carboxylic acids is 1. The van der Waals surface area contributed by atoms with Crippen LogP contribution in [0, 0.1) is 0 Å². The average molecular weight is 459 g/mol. The summed E-state index contributed by atoms with van der Waals surface area (Å²) in [6.45, 7) is 3.07. The lowest BCUT2D eigenvalue weighted by atomic mass is 10.0. The number of aromatic nitrogens is 2. The van der Waals surface area contributed by atoms with Crippen LogP contribution in [-0.2, 0) is 13.0 Å². The maximum Gasteiger partial charge on any atom is 0.254 e. The molecule has 34 heavy (non-hydrogen) atoms. The monoisotopic (exact) mass is 458 g/mol. The standard InChI is InChI=1S/C27H30N4O3/c1-33-21-15-20(16-22(17-21)34-2)27(32)31-14-11-24-23(18-31)26(30-12-7-4-8-13-30)29-25(28-24)19-9-5-3-6-10-19/h3,5-6,9-10,15-17H,4,7-8,11-14,18H2,1-2H3. The molecule has 0 bridgehead atoms. The number of piperidine rings is 1. The molecule has 2 aliphatic heterocycles. The van der Waals surface area contributed by atoms with E-state index in [0.717, 1.165) is 54.4 Å². The molecule has 0 spiro atoms. The Morgan fingerprint density at radius 2 is 1.59 bits per heavy atom. The second-order valence-electron chi connectivity index (χ2n) is 8.79. The summed E-state index contributed by atoms with van der Waals surface area (Å²) in [5.74, 6) is 2.90. The van der Waals surface area contributed by atoms with Crippen LogP contribution < -0.4 is 14.4 Å². The van der Waals surface area contributed by atoms with Crippen molar-refractivity contribution in [3.05, 3.63) is 65.4 Å². The number of hydrogen-bond donors (Lipinski definition) is 0. The Morgan fingerprint density at radius 3 is 2.26 bits per heavy atom. The molecule has 1 amide bonds. The molecule has 3 heterocycles. The molecular formula is C27H30N4O3. The Balaban J connectivity index is 1.50. The van der Waals surface area contributed by atoms with Crippen LogP contribution in [0.25, 0.3) is 11.4 Å². The first-order valence-electron chi connectivity index (χ1n) is 11.9. The van der Waals surface area contributed by atoms with Crippen molar-refractivity contribution in [3.63, 3.8) is 0 Å². The molecule has 2 aromatic carbocycles. The number of rotatable bonds is 5. The highest BCUT2D eigenvalue weighted by Crippen LogP contribution is 2.32. The second kappa shape index (κ2) is 9.71. The van der Waals surface area contributed by atoms with Gasteiger partial charge in [0.05, 0.1) is 26.5 Å². The van der Waals surface area contributed by atoms with Crippen LogP contribution in [0.3, 0.4) is 0 Å². The fourth-order valence-electron chi connectivity index (χ4n) is 4.77. The second-order valence-corrected chi connectivity index (χ2v) is 8.79. The molecule has 3 aromatic rings. The van der Waals surface area contributed by atoms with E-state index in [1.165, 1.54) is 6.42 Å². The van der Waals surface area contributed by atoms with Crippen LogP contribution in [-0.4, -0.2) is 54.6 Å². The van der Waals surface area contributed by atoms with Gasteiger partial charge >= 0.3 is 0 Å². The van der Waals surface area contributed by atoms with E-state index in [-0.39, 0.29) is 5.91 Å². The van der Waals surface area contributed by atoms with Crippen molar-refractivity contribution < 1.29 is 14.3 Å². The van der Waals surface area contributed by atoms with Gasteiger partial charge in [-0.2, -0.15) is 0 Å². The zero-order valence-corrected chi connectivity index (χ0v) is 19.8. The maximum absolute atomic E-state index is 13.5. The van der Waals surface area contributed by atoms with Gasteiger partial charge in [0.2, 0.25) is 0 Å². The molecule has 1 aromatic heterocycles. The van der Waals surface area contributed by atoms with Gasteiger partial charge in [-0.25, -0.2) is 9.97 Å². The highest BCUT2D eigenvalue weighted by atomic mass is 16.5. The van der Waals surface area contributed by atoms with E-state index in [9.17, 15) is 4.79 Å². The fourth-order valence-corrected chi connectivity index (χ4v) is 4.77. The summed E-state index contributed by atoms with van der Waals surface area (Å²) in [6, 6.07) is 15.4. The van der Waals surface area contributed by atoms with E-state index in [1.54, 1.807) is 32.4 Å². The SMILES string of the molecule is COc1cc(OC)cc(C(=O)N2CCc3nc(-c4ccccc4)nc(N4CCCCC4)c3C2)c1. The lowest BCUT2D eigenvalue weighted by Crippen LogP contribution is -2.39. The Hall–Kier alpha value is -3.61. The van der Waals surface area contributed by atoms with Crippen molar-refractivity contribution >= 4 is 11.7 Å². The minimum Gasteiger partial charge on any atom is -0.497 e. The van der Waals surface area contributed by atoms with Crippen molar-refractivity contribution in [1.82, 2.24) is 14.9 Å². The van der Waals surface area contributed by atoms with Crippen LogP contribution in [0.15, 0.2) is 48.5 Å². The number of anilines is 1. The fraction of sp³-hybridized carbons (Fsp3) is 0.370. The topological polar surface area (TPSA) is 67.8 Å². The molecule has 0 aliphatic carbocycles. The van der Waals surface area contributed by atoms with E-state index in [0.29, 0.717) is 36.6 Å². The summed E-state index contributed by atoms with van der Waals surface area (Å²) in [5, 5.41) is 0. The van der Waals surface area contributed by atoms with Crippen LogP contribution in [0.2, 0.25) is 0 Å². The van der Waals surface area contributed by atoms with Gasteiger partial charge in [0.25, 0.3) is 5.91 Å². The predicted octanol–water partition coefficient (Wildman–Crippen LogP) is 4.35. The van der Waals surface area contributed by atoms with Gasteiger partial charge in [-0.3, -0.25) is 4.79 Å². The highest BCUT2D eigenvalue weighted by Gasteiger charge is 2.29. The summed E-state index contributed by atoms with van der Waals surface area (Å²) in [4.78, 5) is 27.7. The molecule has 2 aliphatic rings. The summed E-state index contributed by atoms with van der Waals surface area (Å²) < 4.78 is 10.7. The first kappa shape index (κ1) is 22.2. The molecule has 1 fully saturated rings. The summed E-state index contributed by atoms with van der Waals surface area (Å²) >= 11 is 0. The van der Waals surface area contributed by atoms with Gasteiger partial charge in [-0.15, -0.1) is 0 Å². The average Bonchev–Trinajstić information content (AvgIpc) is 2.92. The third-order valence-electron chi connectivity index (χ3n) is 6.61. The zero-order valence-electron chi connectivity index (χ0n) is 19.8.